The Morgan fingerprint density at radius 1 is 1.15 bits per heavy atom. The number of alkyl halides is 1. The summed E-state index contributed by atoms with van der Waals surface area (Å²) in [5.74, 6) is -0.0691. The fourth-order valence-corrected chi connectivity index (χ4v) is 3.90. The van der Waals surface area contributed by atoms with Crippen molar-refractivity contribution >= 4 is 37.4 Å². The molecule has 0 saturated heterocycles. The topological polar surface area (TPSA) is 9.23 Å². The Balaban J connectivity index is 1.99. The van der Waals surface area contributed by atoms with Gasteiger partial charge in [-0.05, 0) is 35.2 Å². The van der Waals surface area contributed by atoms with Gasteiger partial charge in [0.15, 0.2) is 11.6 Å². The molecule has 0 spiro atoms. The van der Waals surface area contributed by atoms with Crippen molar-refractivity contribution in [2.24, 2.45) is 0 Å². The highest BCUT2D eigenvalue weighted by atomic mass is 79.9. The second kappa shape index (κ2) is 5.54. The Kier molecular flexibility index (Phi) is 3.76. The minimum atomic E-state index is -0.337. The summed E-state index contributed by atoms with van der Waals surface area (Å²) >= 11 is 5.37. The molecular weight excluding hydrogens is 339 g/mol. The van der Waals surface area contributed by atoms with Gasteiger partial charge in [0.25, 0.3) is 0 Å². The van der Waals surface area contributed by atoms with E-state index in [1.54, 1.807) is 17.4 Å². The van der Waals surface area contributed by atoms with Crippen molar-refractivity contribution in [3.8, 4) is 5.75 Å². The molecule has 3 aromatic rings. The van der Waals surface area contributed by atoms with Crippen molar-refractivity contribution in [1.82, 2.24) is 0 Å². The van der Waals surface area contributed by atoms with E-state index in [9.17, 15) is 4.39 Å². The van der Waals surface area contributed by atoms with E-state index in [4.69, 9.17) is 4.74 Å². The number of fused-ring (bicyclic) bond motifs is 1. The molecule has 1 aromatic heterocycles. The summed E-state index contributed by atoms with van der Waals surface area (Å²) in [5.41, 5.74) is 0.884. The number of thiophene rings is 1. The van der Waals surface area contributed by atoms with Crippen LogP contribution in [0.15, 0.2) is 48.5 Å². The Morgan fingerprint density at radius 2 is 1.95 bits per heavy atom. The van der Waals surface area contributed by atoms with Crippen molar-refractivity contribution in [2.45, 2.75) is 4.83 Å². The predicted molar refractivity (Wildman–Crippen MR) is 85.5 cm³/mol. The van der Waals surface area contributed by atoms with Gasteiger partial charge in [0, 0.05) is 9.58 Å². The van der Waals surface area contributed by atoms with E-state index in [1.807, 2.05) is 18.2 Å². The number of ether oxygens (including phenoxy) is 1. The number of benzene rings is 2. The van der Waals surface area contributed by atoms with E-state index in [1.165, 1.54) is 23.3 Å². The Labute approximate surface area is 129 Å². The zero-order chi connectivity index (χ0) is 14.1. The lowest BCUT2D eigenvalue weighted by atomic mass is 10.1. The van der Waals surface area contributed by atoms with Gasteiger partial charge < -0.3 is 4.74 Å². The second-order valence-corrected chi connectivity index (χ2v) is 6.47. The van der Waals surface area contributed by atoms with Crippen LogP contribution in [0.3, 0.4) is 0 Å². The third-order valence-electron chi connectivity index (χ3n) is 3.16. The van der Waals surface area contributed by atoms with E-state index in [-0.39, 0.29) is 16.4 Å². The lowest BCUT2D eigenvalue weighted by Gasteiger charge is -2.09. The molecular formula is C16H12BrFOS. The molecule has 0 bridgehead atoms. The van der Waals surface area contributed by atoms with Crippen molar-refractivity contribution < 1.29 is 9.13 Å². The third-order valence-corrected chi connectivity index (χ3v) is 5.67. The first-order valence-electron chi connectivity index (χ1n) is 6.15. The highest BCUT2D eigenvalue weighted by Gasteiger charge is 2.15. The van der Waals surface area contributed by atoms with Crippen LogP contribution < -0.4 is 4.74 Å². The van der Waals surface area contributed by atoms with Gasteiger partial charge in [0.1, 0.15) is 0 Å². The van der Waals surface area contributed by atoms with Crippen LogP contribution in [0.25, 0.3) is 10.1 Å². The Hall–Kier alpha value is -1.39. The summed E-state index contributed by atoms with van der Waals surface area (Å²) < 4.78 is 20.0. The van der Waals surface area contributed by atoms with E-state index in [0.29, 0.717) is 0 Å². The molecule has 1 nitrogen and oxygen atoms in total. The van der Waals surface area contributed by atoms with Crippen molar-refractivity contribution in [3.05, 3.63) is 64.8 Å². The standard InChI is InChI=1S/C16H12BrFOS/c1-19-13-7-6-11(8-12(13)18)16(17)15-9-10-4-2-3-5-14(10)20-15/h2-9,16H,1H3. The smallest absolute Gasteiger partial charge is 0.165 e. The van der Waals surface area contributed by atoms with E-state index in [2.05, 4.69) is 34.1 Å². The monoisotopic (exact) mass is 350 g/mol. The summed E-state index contributed by atoms with van der Waals surface area (Å²) in [6, 6.07) is 15.4. The van der Waals surface area contributed by atoms with Gasteiger partial charge in [0.2, 0.25) is 0 Å². The van der Waals surface area contributed by atoms with Gasteiger partial charge in [0.05, 0.1) is 11.9 Å². The van der Waals surface area contributed by atoms with Crippen LogP contribution in [0.5, 0.6) is 5.75 Å². The molecule has 1 unspecified atom stereocenters. The van der Waals surface area contributed by atoms with Crippen LogP contribution in [-0.2, 0) is 0 Å². The predicted octanol–water partition coefficient (Wildman–Crippen LogP) is 5.53. The molecule has 0 aliphatic carbocycles. The van der Waals surface area contributed by atoms with Crippen LogP contribution in [0.4, 0.5) is 4.39 Å². The van der Waals surface area contributed by atoms with Crippen LogP contribution in [0.2, 0.25) is 0 Å². The molecule has 102 valence electrons. The van der Waals surface area contributed by atoms with Crippen molar-refractivity contribution in [2.75, 3.05) is 7.11 Å². The van der Waals surface area contributed by atoms with Crippen LogP contribution in [0, 0.1) is 5.82 Å². The average Bonchev–Trinajstić information content (AvgIpc) is 2.90. The normalized spacial score (nSPS) is 12.6. The molecule has 0 aliphatic rings. The van der Waals surface area contributed by atoms with Crippen LogP contribution >= 0.6 is 27.3 Å². The molecule has 2 aromatic carbocycles. The van der Waals surface area contributed by atoms with Gasteiger partial charge in [-0.1, -0.05) is 40.2 Å². The van der Waals surface area contributed by atoms with Gasteiger partial charge in [-0.25, -0.2) is 4.39 Å². The second-order valence-electron chi connectivity index (χ2n) is 4.44. The molecule has 0 amide bonds. The molecule has 3 rings (SSSR count). The van der Waals surface area contributed by atoms with Gasteiger partial charge in [-0.15, -0.1) is 11.3 Å². The maximum absolute atomic E-state index is 13.8. The van der Waals surface area contributed by atoms with Crippen LogP contribution in [0.1, 0.15) is 15.3 Å². The highest BCUT2D eigenvalue weighted by molar-refractivity contribution is 9.09. The maximum Gasteiger partial charge on any atom is 0.165 e. The number of rotatable bonds is 3. The first kappa shape index (κ1) is 13.6. The number of methoxy groups -OCH3 is 1. The molecule has 0 aliphatic heterocycles. The SMILES string of the molecule is COc1ccc(C(Br)c2cc3ccccc3s2)cc1F. The Bertz CT molecular complexity index is 720. The molecule has 4 heteroatoms. The van der Waals surface area contributed by atoms with E-state index < -0.39 is 0 Å². The summed E-state index contributed by atoms with van der Waals surface area (Å²) in [7, 11) is 1.47. The zero-order valence-electron chi connectivity index (χ0n) is 10.8. The summed E-state index contributed by atoms with van der Waals surface area (Å²) in [6.45, 7) is 0. The number of hydrogen-bond acceptors (Lipinski definition) is 2. The summed E-state index contributed by atoms with van der Waals surface area (Å²) in [5, 5.41) is 1.21. The molecule has 1 atom stereocenters. The molecule has 20 heavy (non-hydrogen) atoms. The molecule has 0 radical (unpaired) electrons. The molecule has 0 N–H and O–H groups in total. The third kappa shape index (κ3) is 2.45. The zero-order valence-corrected chi connectivity index (χ0v) is 13.2. The Morgan fingerprint density at radius 3 is 2.65 bits per heavy atom. The minimum Gasteiger partial charge on any atom is -0.494 e. The summed E-state index contributed by atoms with van der Waals surface area (Å²) in [6.07, 6.45) is 0. The van der Waals surface area contributed by atoms with E-state index in [0.717, 1.165) is 10.4 Å². The van der Waals surface area contributed by atoms with E-state index >= 15 is 0 Å². The van der Waals surface area contributed by atoms with Gasteiger partial charge >= 0.3 is 0 Å². The first-order valence-corrected chi connectivity index (χ1v) is 7.88. The quantitative estimate of drug-likeness (QED) is 0.564. The van der Waals surface area contributed by atoms with Gasteiger partial charge in [-0.3, -0.25) is 0 Å². The fraction of sp³-hybridized carbons (Fsp3) is 0.125. The fourth-order valence-electron chi connectivity index (χ4n) is 2.13. The first-order chi connectivity index (χ1) is 9.69. The molecule has 0 saturated carbocycles. The lowest BCUT2D eigenvalue weighted by molar-refractivity contribution is 0.386. The highest BCUT2D eigenvalue weighted by Crippen LogP contribution is 2.39. The number of halogens is 2. The van der Waals surface area contributed by atoms with Crippen LogP contribution in [-0.4, -0.2) is 7.11 Å². The van der Waals surface area contributed by atoms with Crippen molar-refractivity contribution in [1.29, 1.82) is 0 Å². The largest absolute Gasteiger partial charge is 0.494 e. The molecule has 0 fully saturated rings. The van der Waals surface area contributed by atoms with Crippen molar-refractivity contribution in [3.63, 3.8) is 0 Å². The van der Waals surface area contributed by atoms with Gasteiger partial charge in [-0.2, -0.15) is 0 Å². The molecule has 1 heterocycles. The number of hydrogen-bond donors (Lipinski definition) is 0. The summed E-state index contributed by atoms with van der Waals surface area (Å²) in [4.78, 5) is 1.15. The maximum atomic E-state index is 13.8. The lowest BCUT2D eigenvalue weighted by Crippen LogP contribution is -1.93. The minimum absolute atomic E-state index is 0.0136. The average molecular weight is 351 g/mol.